The first-order valence-electron chi connectivity index (χ1n) is 6.54. The Balaban J connectivity index is 2.01. The minimum Gasteiger partial charge on any atom is -0.491 e. The van der Waals surface area contributed by atoms with Gasteiger partial charge in [-0.2, -0.15) is 0 Å². The molecule has 0 aliphatic heterocycles. The molecule has 0 unspecified atom stereocenters. The second-order valence-electron chi connectivity index (χ2n) is 4.85. The van der Waals surface area contributed by atoms with Crippen molar-refractivity contribution >= 4 is 0 Å². The van der Waals surface area contributed by atoms with E-state index >= 15 is 0 Å². The molecular weight excluding hydrogens is 238 g/mol. The zero-order chi connectivity index (χ0) is 13.8. The third-order valence-corrected chi connectivity index (χ3v) is 3.17. The summed E-state index contributed by atoms with van der Waals surface area (Å²) in [5, 5.41) is 0. The van der Waals surface area contributed by atoms with Gasteiger partial charge in [0.1, 0.15) is 18.2 Å². The minimum atomic E-state index is -0.0233. The second kappa shape index (κ2) is 5.89. The van der Waals surface area contributed by atoms with E-state index in [1.807, 2.05) is 32.2 Å². The number of aromatic nitrogens is 2. The lowest BCUT2D eigenvalue weighted by atomic mass is 10.1. The summed E-state index contributed by atoms with van der Waals surface area (Å²) in [6.07, 6.45) is 3.76. The highest BCUT2D eigenvalue weighted by Crippen LogP contribution is 2.25. The van der Waals surface area contributed by atoms with Crippen LogP contribution in [0.25, 0.3) is 0 Å². The van der Waals surface area contributed by atoms with Crippen LogP contribution < -0.4 is 10.5 Å². The van der Waals surface area contributed by atoms with Gasteiger partial charge in [-0.25, -0.2) is 4.98 Å². The van der Waals surface area contributed by atoms with Crippen LogP contribution in [0.3, 0.4) is 0 Å². The molecule has 2 aromatic rings. The Kier molecular flexibility index (Phi) is 4.22. The van der Waals surface area contributed by atoms with Crippen molar-refractivity contribution in [1.82, 2.24) is 9.55 Å². The smallest absolute Gasteiger partial charge is 0.124 e. The Bertz CT molecular complexity index is 546. The summed E-state index contributed by atoms with van der Waals surface area (Å²) in [7, 11) is 0. The van der Waals surface area contributed by atoms with Crippen molar-refractivity contribution in [2.24, 2.45) is 5.73 Å². The molecular formula is C15H21N3O. The molecule has 1 aromatic carbocycles. The number of rotatable bonds is 5. The molecule has 102 valence electrons. The highest BCUT2D eigenvalue weighted by atomic mass is 16.5. The summed E-state index contributed by atoms with van der Waals surface area (Å²) < 4.78 is 7.92. The molecule has 0 spiro atoms. The Morgan fingerprint density at radius 3 is 2.79 bits per heavy atom. The van der Waals surface area contributed by atoms with Gasteiger partial charge in [0.15, 0.2) is 0 Å². The van der Waals surface area contributed by atoms with E-state index in [4.69, 9.17) is 10.5 Å². The Hall–Kier alpha value is -1.81. The van der Waals surface area contributed by atoms with E-state index in [0.29, 0.717) is 6.61 Å². The standard InChI is InChI=1S/C15H21N3O/c1-11-4-5-15(14(10-11)12(2)16)19-9-8-18-7-6-17-13(18)3/h4-7,10,12H,8-9,16H2,1-3H3/t12-/m0/s1. The van der Waals surface area contributed by atoms with E-state index in [0.717, 1.165) is 23.7 Å². The summed E-state index contributed by atoms with van der Waals surface area (Å²) >= 11 is 0. The molecule has 19 heavy (non-hydrogen) atoms. The number of benzene rings is 1. The average Bonchev–Trinajstić information content (AvgIpc) is 2.77. The van der Waals surface area contributed by atoms with Gasteiger partial charge in [0.25, 0.3) is 0 Å². The molecule has 0 aliphatic rings. The van der Waals surface area contributed by atoms with Gasteiger partial charge in [-0.1, -0.05) is 17.7 Å². The maximum atomic E-state index is 5.98. The maximum absolute atomic E-state index is 5.98. The molecule has 0 fully saturated rings. The van der Waals surface area contributed by atoms with Gasteiger partial charge < -0.3 is 15.0 Å². The molecule has 0 saturated heterocycles. The Labute approximate surface area is 114 Å². The van der Waals surface area contributed by atoms with Crippen LogP contribution in [0.4, 0.5) is 0 Å². The number of hydrogen-bond acceptors (Lipinski definition) is 3. The first-order chi connectivity index (χ1) is 9.08. The fraction of sp³-hybridized carbons (Fsp3) is 0.400. The van der Waals surface area contributed by atoms with Gasteiger partial charge in [-0.05, 0) is 26.8 Å². The molecule has 4 heteroatoms. The van der Waals surface area contributed by atoms with Gasteiger partial charge >= 0.3 is 0 Å². The minimum absolute atomic E-state index is 0.0233. The van der Waals surface area contributed by atoms with Crippen molar-refractivity contribution in [1.29, 1.82) is 0 Å². The molecule has 0 radical (unpaired) electrons. The number of nitrogens with zero attached hydrogens (tertiary/aromatic N) is 2. The van der Waals surface area contributed by atoms with Crippen molar-refractivity contribution in [2.75, 3.05) is 6.61 Å². The summed E-state index contributed by atoms with van der Waals surface area (Å²) in [6, 6.07) is 6.10. The third-order valence-electron chi connectivity index (χ3n) is 3.17. The number of ether oxygens (including phenoxy) is 1. The molecule has 2 rings (SSSR count). The van der Waals surface area contributed by atoms with Crippen LogP contribution in [0.15, 0.2) is 30.6 Å². The molecule has 4 nitrogen and oxygen atoms in total. The van der Waals surface area contributed by atoms with Crippen molar-refractivity contribution in [3.63, 3.8) is 0 Å². The van der Waals surface area contributed by atoms with E-state index < -0.39 is 0 Å². The maximum Gasteiger partial charge on any atom is 0.124 e. The lowest BCUT2D eigenvalue weighted by Crippen LogP contribution is -2.12. The normalized spacial score (nSPS) is 12.4. The topological polar surface area (TPSA) is 53.1 Å². The number of aryl methyl sites for hydroxylation is 2. The summed E-state index contributed by atoms with van der Waals surface area (Å²) in [4.78, 5) is 4.19. The van der Waals surface area contributed by atoms with Crippen molar-refractivity contribution in [2.45, 2.75) is 33.4 Å². The number of nitrogens with two attached hydrogens (primary N) is 1. The third kappa shape index (κ3) is 3.35. The van der Waals surface area contributed by atoms with Gasteiger partial charge in [0.2, 0.25) is 0 Å². The van der Waals surface area contributed by atoms with Crippen LogP contribution >= 0.6 is 0 Å². The number of hydrogen-bond donors (Lipinski definition) is 1. The zero-order valence-electron chi connectivity index (χ0n) is 11.8. The lowest BCUT2D eigenvalue weighted by Gasteiger charge is -2.15. The predicted molar refractivity (Wildman–Crippen MR) is 76.2 cm³/mol. The predicted octanol–water partition coefficient (Wildman–Crippen LogP) is 2.60. The second-order valence-corrected chi connectivity index (χ2v) is 4.85. The van der Waals surface area contributed by atoms with Crippen LogP contribution in [0.1, 0.15) is 29.9 Å². The SMILES string of the molecule is Cc1ccc(OCCn2ccnc2C)c([C@H](C)N)c1. The zero-order valence-corrected chi connectivity index (χ0v) is 11.8. The average molecular weight is 259 g/mol. The van der Waals surface area contributed by atoms with Crippen LogP contribution in [-0.2, 0) is 6.54 Å². The van der Waals surface area contributed by atoms with Crippen molar-refractivity contribution in [3.8, 4) is 5.75 Å². The summed E-state index contributed by atoms with van der Waals surface area (Å²) in [5.74, 6) is 1.87. The summed E-state index contributed by atoms with van der Waals surface area (Å²) in [6.45, 7) is 7.42. The molecule has 0 saturated carbocycles. The fourth-order valence-electron chi connectivity index (χ4n) is 2.05. The van der Waals surface area contributed by atoms with Crippen LogP contribution in [0.2, 0.25) is 0 Å². The highest BCUT2D eigenvalue weighted by Gasteiger charge is 2.08. The molecule has 1 heterocycles. The fourth-order valence-corrected chi connectivity index (χ4v) is 2.05. The Morgan fingerprint density at radius 1 is 1.37 bits per heavy atom. The molecule has 0 bridgehead atoms. The molecule has 0 aliphatic carbocycles. The summed E-state index contributed by atoms with van der Waals surface area (Å²) in [5.41, 5.74) is 8.24. The first kappa shape index (κ1) is 13.6. The monoisotopic (exact) mass is 259 g/mol. The van der Waals surface area contributed by atoms with Crippen molar-refractivity contribution in [3.05, 3.63) is 47.5 Å². The molecule has 1 aromatic heterocycles. The van der Waals surface area contributed by atoms with Crippen LogP contribution in [-0.4, -0.2) is 16.2 Å². The van der Waals surface area contributed by atoms with E-state index in [1.165, 1.54) is 5.56 Å². The van der Waals surface area contributed by atoms with Gasteiger partial charge in [0.05, 0.1) is 6.54 Å². The van der Waals surface area contributed by atoms with Crippen LogP contribution in [0.5, 0.6) is 5.75 Å². The molecule has 0 amide bonds. The van der Waals surface area contributed by atoms with Gasteiger partial charge in [-0.3, -0.25) is 0 Å². The van der Waals surface area contributed by atoms with Crippen LogP contribution in [0, 0.1) is 13.8 Å². The Morgan fingerprint density at radius 2 is 2.16 bits per heavy atom. The molecule has 2 N–H and O–H groups in total. The molecule has 1 atom stereocenters. The highest BCUT2D eigenvalue weighted by molar-refractivity contribution is 5.38. The van der Waals surface area contributed by atoms with Crippen molar-refractivity contribution < 1.29 is 4.74 Å². The van der Waals surface area contributed by atoms with E-state index in [-0.39, 0.29) is 6.04 Å². The quantitative estimate of drug-likeness (QED) is 0.898. The lowest BCUT2D eigenvalue weighted by molar-refractivity contribution is 0.293. The number of imidazole rings is 1. The van der Waals surface area contributed by atoms with Gasteiger partial charge in [0, 0.05) is 24.0 Å². The van der Waals surface area contributed by atoms with E-state index in [2.05, 4.69) is 22.5 Å². The van der Waals surface area contributed by atoms with E-state index in [1.54, 1.807) is 6.20 Å². The first-order valence-corrected chi connectivity index (χ1v) is 6.54. The van der Waals surface area contributed by atoms with E-state index in [9.17, 15) is 0 Å². The van der Waals surface area contributed by atoms with Gasteiger partial charge in [-0.15, -0.1) is 0 Å². The largest absolute Gasteiger partial charge is 0.491 e.